The van der Waals surface area contributed by atoms with Crippen molar-refractivity contribution in [2.24, 2.45) is 11.7 Å². The molecule has 1 aliphatic rings. The Morgan fingerprint density at radius 3 is 2.39 bits per heavy atom. The summed E-state index contributed by atoms with van der Waals surface area (Å²) in [6.45, 7) is 2.09. The number of carbonyl (C=O) groups is 1. The van der Waals surface area contributed by atoms with E-state index in [0.29, 0.717) is 37.1 Å². The van der Waals surface area contributed by atoms with Crippen LogP contribution in [-0.4, -0.2) is 35.4 Å². The fraction of sp³-hybridized carbons (Fsp3) is 0.333. The third-order valence-electron chi connectivity index (χ3n) is 5.72. The van der Waals surface area contributed by atoms with Crippen molar-refractivity contribution in [3.05, 3.63) is 78.3 Å². The van der Waals surface area contributed by atoms with Gasteiger partial charge in [-0.3, -0.25) is 4.79 Å². The van der Waals surface area contributed by atoms with Gasteiger partial charge in [-0.25, -0.2) is 4.98 Å². The highest BCUT2D eigenvalue weighted by atomic mass is 35.5. The highest BCUT2D eigenvalue weighted by Crippen LogP contribution is 2.32. The molecule has 5 nitrogen and oxygen atoms in total. The second-order valence-electron chi connectivity index (χ2n) is 7.65. The van der Waals surface area contributed by atoms with E-state index in [1.54, 1.807) is 6.20 Å². The van der Waals surface area contributed by atoms with Crippen LogP contribution in [0.5, 0.6) is 0 Å². The van der Waals surface area contributed by atoms with Crippen molar-refractivity contribution in [2.45, 2.75) is 25.2 Å². The van der Waals surface area contributed by atoms with Gasteiger partial charge in [0, 0.05) is 37.4 Å². The summed E-state index contributed by atoms with van der Waals surface area (Å²) in [5.74, 6) is 2.28. The van der Waals surface area contributed by atoms with Gasteiger partial charge in [0.25, 0.3) is 0 Å². The molecule has 2 aromatic carbocycles. The first kappa shape index (κ1) is 24.9. The van der Waals surface area contributed by atoms with Crippen molar-refractivity contribution in [3.8, 4) is 11.3 Å². The number of carbonyl (C=O) groups excluding carboxylic acids is 1. The number of benzene rings is 2. The zero-order chi connectivity index (χ0) is 20.1. The maximum Gasteiger partial charge on any atom is 0.222 e. The predicted molar refractivity (Wildman–Crippen MR) is 128 cm³/mol. The highest BCUT2D eigenvalue weighted by molar-refractivity contribution is 5.85. The molecule has 0 unspecified atom stereocenters. The van der Waals surface area contributed by atoms with E-state index in [4.69, 9.17) is 10.2 Å². The van der Waals surface area contributed by atoms with Gasteiger partial charge in [0.1, 0.15) is 0 Å². The number of oxazole rings is 1. The van der Waals surface area contributed by atoms with Crippen molar-refractivity contribution in [1.82, 2.24) is 9.88 Å². The molecule has 2 heterocycles. The lowest BCUT2D eigenvalue weighted by Gasteiger charge is -2.16. The second kappa shape index (κ2) is 11.9. The fourth-order valence-electron chi connectivity index (χ4n) is 4.10. The van der Waals surface area contributed by atoms with Crippen LogP contribution >= 0.6 is 24.8 Å². The van der Waals surface area contributed by atoms with Gasteiger partial charge in [0.05, 0.1) is 6.20 Å². The molecule has 2 N–H and O–H groups in total. The molecule has 0 aliphatic carbocycles. The minimum absolute atomic E-state index is 0. The Hall–Kier alpha value is -2.34. The molecule has 1 saturated heterocycles. The van der Waals surface area contributed by atoms with Gasteiger partial charge in [-0.2, -0.15) is 0 Å². The first-order valence-electron chi connectivity index (χ1n) is 10.3. The third kappa shape index (κ3) is 6.10. The highest BCUT2D eigenvalue weighted by Gasteiger charge is 2.34. The molecule has 1 amide bonds. The van der Waals surface area contributed by atoms with Crippen LogP contribution < -0.4 is 5.73 Å². The Morgan fingerprint density at radius 1 is 1.03 bits per heavy atom. The van der Waals surface area contributed by atoms with Crippen molar-refractivity contribution in [2.75, 3.05) is 19.6 Å². The van der Waals surface area contributed by atoms with E-state index in [9.17, 15) is 4.79 Å². The van der Waals surface area contributed by atoms with Gasteiger partial charge in [0.2, 0.25) is 5.91 Å². The number of rotatable bonds is 7. The summed E-state index contributed by atoms with van der Waals surface area (Å²) in [6, 6.07) is 20.3. The molecule has 4 rings (SSSR count). The van der Waals surface area contributed by atoms with Crippen molar-refractivity contribution in [1.29, 1.82) is 0 Å². The van der Waals surface area contributed by atoms with Crippen LogP contribution in [0, 0.1) is 5.92 Å². The van der Waals surface area contributed by atoms with Gasteiger partial charge in [0.15, 0.2) is 11.7 Å². The fourth-order valence-corrected chi connectivity index (χ4v) is 4.10. The summed E-state index contributed by atoms with van der Waals surface area (Å²) in [5.41, 5.74) is 8.27. The molecule has 7 heteroatoms. The van der Waals surface area contributed by atoms with E-state index in [0.717, 1.165) is 30.8 Å². The molecule has 0 spiro atoms. The number of hydrogen-bond donors (Lipinski definition) is 1. The number of halogens is 2. The molecule has 1 aromatic heterocycles. The zero-order valence-corrected chi connectivity index (χ0v) is 19.0. The maximum absolute atomic E-state index is 12.7. The van der Waals surface area contributed by atoms with Crippen molar-refractivity contribution < 1.29 is 9.21 Å². The Labute approximate surface area is 195 Å². The number of nitrogens with zero attached hydrogens (tertiary/aromatic N) is 2. The molecule has 1 aliphatic heterocycles. The molecular formula is C24H29Cl2N3O2. The van der Waals surface area contributed by atoms with E-state index < -0.39 is 0 Å². The minimum atomic E-state index is 0. The van der Waals surface area contributed by atoms with E-state index in [-0.39, 0.29) is 30.7 Å². The van der Waals surface area contributed by atoms with Gasteiger partial charge in [-0.05, 0) is 24.4 Å². The number of hydrogen-bond acceptors (Lipinski definition) is 4. The van der Waals surface area contributed by atoms with Crippen LogP contribution in [0.25, 0.3) is 11.3 Å². The van der Waals surface area contributed by atoms with Crippen LogP contribution in [0.3, 0.4) is 0 Å². The number of aromatic nitrogens is 1. The minimum Gasteiger partial charge on any atom is -0.441 e. The van der Waals surface area contributed by atoms with Crippen LogP contribution in [-0.2, 0) is 11.2 Å². The molecule has 166 valence electrons. The normalized spacial score (nSPS) is 17.6. The van der Waals surface area contributed by atoms with E-state index in [1.165, 1.54) is 5.56 Å². The number of amides is 1. The lowest BCUT2D eigenvalue weighted by atomic mass is 9.89. The summed E-state index contributed by atoms with van der Waals surface area (Å²) in [5, 5.41) is 0. The van der Waals surface area contributed by atoms with E-state index in [1.807, 2.05) is 53.4 Å². The van der Waals surface area contributed by atoms with Gasteiger partial charge in [-0.15, -0.1) is 24.8 Å². The lowest BCUT2D eigenvalue weighted by molar-refractivity contribution is -0.130. The monoisotopic (exact) mass is 461 g/mol. The van der Waals surface area contributed by atoms with Crippen LogP contribution in [0.2, 0.25) is 0 Å². The molecule has 1 fully saturated rings. The average Bonchev–Trinajstić information content (AvgIpc) is 3.42. The van der Waals surface area contributed by atoms with Crippen molar-refractivity contribution in [3.63, 3.8) is 0 Å². The Bertz CT molecular complexity index is 934. The van der Waals surface area contributed by atoms with Crippen LogP contribution in [0.4, 0.5) is 0 Å². The molecule has 0 radical (unpaired) electrons. The predicted octanol–water partition coefficient (Wildman–Crippen LogP) is 4.71. The summed E-state index contributed by atoms with van der Waals surface area (Å²) in [4.78, 5) is 19.1. The Balaban J connectivity index is 0.00000171. The Morgan fingerprint density at radius 2 is 1.71 bits per heavy atom. The molecule has 0 saturated carbocycles. The van der Waals surface area contributed by atoms with Gasteiger partial charge in [-0.1, -0.05) is 60.7 Å². The Kier molecular flexibility index (Phi) is 9.56. The molecule has 3 aromatic rings. The van der Waals surface area contributed by atoms with Crippen LogP contribution in [0.15, 0.2) is 71.3 Å². The summed E-state index contributed by atoms with van der Waals surface area (Å²) < 4.78 is 5.83. The summed E-state index contributed by atoms with van der Waals surface area (Å²) >= 11 is 0. The first-order chi connectivity index (χ1) is 14.2. The summed E-state index contributed by atoms with van der Waals surface area (Å²) in [6.07, 6.45) is 3.65. The molecule has 2 atom stereocenters. The quantitative estimate of drug-likeness (QED) is 0.552. The summed E-state index contributed by atoms with van der Waals surface area (Å²) in [7, 11) is 0. The zero-order valence-electron chi connectivity index (χ0n) is 17.4. The second-order valence-corrected chi connectivity index (χ2v) is 7.65. The standard InChI is InChI=1S/C24H27N3O2.2ClH/c25-14-20-16-27(17-21(20)18-8-3-1-4-9-18)24(28)13-7-12-23-26-15-22(29-23)19-10-5-2-6-11-19;;/h1-6,8-11,15,20-21H,7,12-14,16-17,25H2;2*1H/t20-,21+;;/m1../s1. The van der Waals surface area contributed by atoms with Gasteiger partial charge < -0.3 is 15.1 Å². The smallest absolute Gasteiger partial charge is 0.222 e. The SMILES string of the molecule is Cl.Cl.NC[C@@H]1CN(C(=O)CCCc2ncc(-c3ccccc3)o2)C[C@H]1c1ccccc1. The molecule has 31 heavy (non-hydrogen) atoms. The van der Waals surface area contributed by atoms with Gasteiger partial charge >= 0.3 is 0 Å². The molecular weight excluding hydrogens is 433 g/mol. The van der Waals surface area contributed by atoms with E-state index in [2.05, 4.69) is 17.1 Å². The topological polar surface area (TPSA) is 72.4 Å². The third-order valence-corrected chi connectivity index (χ3v) is 5.72. The first-order valence-corrected chi connectivity index (χ1v) is 10.3. The van der Waals surface area contributed by atoms with E-state index >= 15 is 0 Å². The molecule has 0 bridgehead atoms. The average molecular weight is 462 g/mol. The van der Waals surface area contributed by atoms with Crippen molar-refractivity contribution >= 4 is 30.7 Å². The maximum atomic E-state index is 12.7. The largest absolute Gasteiger partial charge is 0.441 e. The number of nitrogens with two attached hydrogens (primary N) is 1. The van der Waals surface area contributed by atoms with Crippen LogP contribution in [0.1, 0.15) is 30.2 Å². The lowest BCUT2D eigenvalue weighted by Crippen LogP contribution is -2.29. The number of aryl methyl sites for hydroxylation is 1. The number of likely N-dealkylation sites (tertiary alicyclic amines) is 1.